The van der Waals surface area contributed by atoms with Gasteiger partial charge in [0, 0.05) is 55.5 Å². The number of carbonyl (C=O) groups is 2. The second kappa shape index (κ2) is 23.0. The van der Waals surface area contributed by atoms with Crippen molar-refractivity contribution in [3.8, 4) is 11.5 Å². The summed E-state index contributed by atoms with van der Waals surface area (Å²) < 4.78 is 35.3. The molecule has 9 heteroatoms. The average Bonchev–Trinajstić information content (AvgIpc) is 3.90. The molecule has 0 saturated carbocycles. The van der Waals surface area contributed by atoms with Crippen LogP contribution in [0.25, 0.3) is 0 Å². The summed E-state index contributed by atoms with van der Waals surface area (Å²) in [7, 11) is -0.918. The predicted octanol–water partition coefficient (Wildman–Crippen LogP) is 14.1. The van der Waals surface area contributed by atoms with E-state index in [0.717, 1.165) is 72.5 Å². The van der Waals surface area contributed by atoms with Gasteiger partial charge in [0.2, 0.25) is 0 Å². The van der Waals surface area contributed by atoms with Crippen LogP contribution in [0.15, 0.2) is 72.8 Å². The largest absolute Gasteiger partial charge is 0.489 e. The first kappa shape index (κ1) is 53.9. The monoisotopic (exact) mass is 953 g/mol. The van der Waals surface area contributed by atoms with Crippen LogP contribution < -0.4 is 9.47 Å². The summed E-state index contributed by atoms with van der Waals surface area (Å²) in [5.41, 5.74) is 12.5. The van der Waals surface area contributed by atoms with Crippen molar-refractivity contribution in [1.29, 1.82) is 0 Å². The minimum atomic E-state index is -0.918. The van der Waals surface area contributed by atoms with Crippen molar-refractivity contribution in [1.82, 2.24) is 0 Å². The molecule has 0 bridgehead atoms. The Labute approximate surface area is 410 Å². The lowest BCUT2D eigenvalue weighted by Gasteiger charge is -2.34. The highest BCUT2D eigenvalue weighted by Gasteiger charge is 2.34. The van der Waals surface area contributed by atoms with Crippen LogP contribution in [0.2, 0.25) is 0 Å². The van der Waals surface area contributed by atoms with Gasteiger partial charge in [-0.2, -0.15) is 11.8 Å². The van der Waals surface area contributed by atoms with Gasteiger partial charge in [0.15, 0.2) is 0 Å². The lowest BCUT2D eigenvalue weighted by Crippen LogP contribution is -2.27. The van der Waals surface area contributed by atoms with E-state index in [2.05, 4.69) is 149 Å². The first-order valence-corrected chi connectivity index (χ1v) is 27.0. The van der Waals surface area contributed by atoms with Gasteiger partial charge in [-0.05, 0) is 155 Å². The van der Waals surface area contributed by atoms with Crippen LogP contribution in [0.5, 0.6) is 11.5 Å². The fraction of sp³-hybridized carbons (Fsp3) is 0.552. The number of benzene rings is 4. The average molecular weight is 953 g/mol. The highest BCUT2D eigenvalue weighted by Crippen LogP contribution is 2.43. The Morgan fingerprint density at radius 1 is 0.567 bits per heavy atom. The maximum Gasteiger partial charge on any atom is 0.306 e. The fourth-order valence-corrected chi connectivity index (χ4v) is 11.4. The SMILES string of the molecule is CCC(CC)(c1ccc(CS(=O)C(C)(C)C)c(C)c1)c1ccc(OC[C@@H]2CCC(=O)O2)c(C)c1.CCC(CC)(c1ccc(CSC(C)(C)C)c(C)c1)c1ccc(OC[C@@H]2CCC(=O)O2)c(C)c1. The third-order valence-corrected chi connectivity index (χ3v) is 17.3. The number of rotatable bonds is 18. The van der Waals surface area contributed by atoms with Crippen LogP contribution in [-0.2, 0) is 52.2 Å². The standard InChI is InChI=1S/C29H40O4S.C29H40O3S/c1-8-29(9-2,23-11-10-22(20(3)16-23)19-34(31)28(5,6)7)24-12-14-26(21(4)17-24)32-18-25-13-15-27(30)33-25;1-8-29(9-2,23-11-10-22(20(3)16-23)19-33-28(5,6)7)24-12-14-26(21(4)17-24)31-18-25-13-15-27(30)32-25/h10-12,14,16-17,25H,8-9,13,15,18-19H2,1-7H3;10-12,14,16-17,25H,8-9,13,15,18-19H2,1-7H3/t25-,34?;25-/m00/s1. The van der Waals surface area contributed by atoms with E-state index >= 15 is 0 Å². The van der Waals surface area contributed by atoms with Crippen molar-refractivity contribution in [2.24, 2.45) is 0 Å². The van der Waals surface area contributed by atoms with Crippen LogP contribution in [0.4, 0.5) is 0 Å². The summed E-state index contributed by atoms with van der Waals surface area (Å²) in [6, 6.07) is 26.8. The second-order valence-electron chi connectivity index (χ2n) is 20.7. The molecule has 2 fully saturated rings. The van der Waals surface area contributed by atoms with Gasteiger partial charge in [-0.1, -0.05) is 109 Å². The Bertz CT molecular complexity index is 2340. The minimum absolute atomic E-state index is 0.0231. The van der Waals surface area contributed by atoms with E-state index < -0.39 is 10.8 Å². The van der Waals surface area contributed by atoms with Crippen LogP contribution in [0.3, 0.4) is 0 Å². The highest BCUT2D eigenvalue weighted by atomic mass is 32.2. The maximum atomic E-state index is 12.7. The molecule has 2 aliphatic heterocycles. The van der Waals surface area contributed by atoms with Crippen molar-refractivity contribution in [2.45, 2.75) is 192 Å². The molecule has 4 aromatic rings. The molecular weight excluding hydrogens is 873 g/mol. The number of hydrogen-bond donors (Lipinski definition) is 0. The van der Waals surface area contributed by atoms with Crippen LogP contribution in [0, 0.1) is 27.7 Å². The van der Waals surface area contributed by atoms with Gasteiger partial charge in [-0.3, -0.25) is 13.8 Å². The summed E-state index contributed by atoms with van der Waals surface area (Å²) in [6.45, 7) is 31.4. The van der Waals surface area contributed by atoms with E-state index in [9.17, 15) is 13.8 Å². The third kappa shape index (κ3) is 13.6. The van der Waals surface area contributed by atoms with Crippen molar-refractivity contribution >= 4 is 34.5 Å². The van der Waals surface area contributed by atoms with E-state index in [-0.39, 0.29) is 44.5 Å². The van der Waals surface area contributed by atoms with Crippen LogP contribution in [0.1, 0.15) is 176 Å². The van der Waals surface area contributed by atoms with Gasteiger partial charge in [-0.25, -0.2) is 0 Å². The van der Waals surface area contributed by atoms with Gasteiger partial charge in [0.05, 0.1) is 0 Å². The third-order valence-electron chi connectivity index (χ3n) is 14.1. The van der Waals surface area contributed by atoms with Crippen LogP contribution in [-0.4, -0.2) is 51.1 Å². The van der Waals surface area contributed by atoms with E-state index in [1.807, 2.05) is 32.5 Å². The van der Waals surface area contributed by atoms with E-state index in [0.29, 0.717) is 31.8 Å². The van der Waals surface area contributed by atoms with Crippen molar-refractivity contribution in [3.05, 3.63) is 128 Å². The van der Waals surface area contributed by atoms with Gasteiger partial charge < -0.3 is 18.9 Å². The molecule has 3 atom stereocenters. The Morgan fingerprint density at radius 3 is 1.25 bits per heavy atom. The van der Waals surface area contributed by atoms with E-state index in [1.165, 1.54) is 38.9 Å². The van der Waals surface area contributed by atoms with E-state index in [4.69, 9.17) is 18.9 Å². The van der Waals surface area contributed by atoms with Crippen molar-refractivity contribution in [2.75, 3.05) is 13.2 Å². The fourth-order valence-electron chi connectivity index (χ4n) is 9.41. The van der Waals surface area contributed by atoms with Gasteiger partial charge in [-0.15, -0.1) is 0 Å². The Balaban J connectivity index is 0.000000251. The molecule has 4 aromatic carbocycles. The first-order valence-electron chi connectivity index (χ1n) is 24.7. The zero-order valence-corrected chi connectivity index (χ0v) is 44.9. The molecule has 2 heterocycles. The summed E-state index contributed by atoms with van der Waals surface area (Å²) >= 11 is 2.00. The molecule has 366 valence electrons. The second-order valence-corrected chi connectivity index (χ2v) is 24.8. The molecule has 0 aliphatic carbocycles. The smallest absolute Gasteiger partial charge is 0.306 e. The highest BCUT2D eigenvalue weighted by molar-refractivity contribution is 7.99. The van der Waals surface area contributed by atoms with Gasteiger partial charge >= 0.3 is 11.9 Å². The number of ether oxygens (including phenoxy) is 4. The van der Waals surface area contributed by atoms with Gasteiger partial charge in [0.1, 0.15) is 36.9 Å². The topological polar surface area (TPSA) is 88.1 Å². The first-order chi connectivity index (χ1) is 31.6. The normalized spacial score (nSPS) is 17.1. The summed E-state index contributed by atoms with van der Waals surface area (Å²) in [6.07, 6.45) is 6.21. The molecule has 2 aliphatic rings. The minimum Gasteiger partial charge on any atom is -0.489 e. The predicted molar refractivity (Wildman–Crippen MR) is 279 cm³/mol. The molecule has 0 radical (unpaired) electrons. The maximum absolute atomic E-state index is 12.7. The van der Waals surface area contributed by atoms with E-state index in [1.54, 1.807) is 0 Å². The zero-order chi connectivity index (χ0) is 49.3. The molecule has 0 spiro atoms. The Morgan fingerprint density at radius 2 is 0.940 bits per heavy atom. The zero-order valence-electron chi connectivity index (χ0n) is 43.2. The molecule has 0 aromatic heterocycles. The number of esters is 2. The molecule has 0 N–H and O–H groups in total. The summed E-state index contributed by atoms with van der Waals surface area (Å²) in [4.78, 5) is 22.7. The Kier molecular flexibility index (Phi) is 18.5. The van der Waals surface area contributed by atoms with Crippen LogP contribution >= 0.6 is 11.8 Å². The summed E-state index contributed by atoms with van der Waals surface area (Å²) in [5.74, 6) is 3.08. The molecule has 67 heavy (non-hydrogen) atoms. The molecule has 6 rings (SSSR count). The number of aryl methyl sites for hydroxylation is 4. The molecule has 7 nitrogen and oxygen atoms in total. The lowest BCUT2D eigenvalue weighted by molar-refractivity contribution is -0.143. The number of cyclic esters (lactones) is 2. The quantitative estimate of drug-likeness (QED) is 0.0912. The lowest BCUT2D eigenvalue weighted by atomic mass is 9.70. The molecule has 2 saturated heterocycles. The van der Waals surface area contributed by atoms with Gasteiger partial charge in [0.25, 0.3) is 0 Å². The molecule has 0 amide bonds. The molecular formula is C58H80O7S2. The Hall–Kier alpha value is -4.08. The number of carbonyl (C=O) groups excluding carboxylic acids is 2. The number of thioether (sulfide) groups is 1. The van der Waals surface area contributed by atoms with Crippen molar-refractivity contribution in [3.63, 3.8) is 0 Å². The summed E-state index contributed by atoms with van der Waals surface area (Å²) in [5, 5.41) is 0. The molecule has 1 unspecified atom stereocenters. The number of hydrogen-bond acceptors (Lipinski definition) is 8. The van der Waals surface area contributed by atoms with Crippen molar-refractivity contribution < 1.29 is 32.7 Å².